The van der Waals surface area contributed by atoms with Gasteiger partial charge in [0, 0.05) is 0 Å². The number of aliphatic hydroxyl groups excluding tert-OH is 4. The maximum atomic E-state index is 11.3. The third-order valence-corrected chi connectivity index (χ3v) is 5.62. The smallest absolute Gasteiger partial charge is 0.186 e. The molecule has 0 bridgehead atoms. The molecule has 2 aliphatic rings. The van der Waals surface area contributed by atoms with E-state index in [0.717, 1.165) is 0 Å². The molecule has 150 valence electrons. The first-order valence-electron chi connectivity index (χ1n) is 9.21. The maximum absolute atomic E-state index is 11.3. The highest BCUT2D eigenvalue weighted by molar-refractivity contribution is 5.87. The lowest BCUT2D eigenvalue weighted by Gasteiger charge is -2.47. The third kappa shape index (κ3) is 4.71. The van der Waals surface area contributed by atoms with Crippen LogP contribution < -0.4 is 0 Å². The van der Waals surface area contributed by atoms with E-state index in [1.54, 1.807) is 6.08 Å². The summed E-state index contributed by atoms with van der Waals surface area (Å²) < 4.78 is 11.4. The zero-order valence-electron chi connectivity index (χ0n) is 15.9. The summed E-state index contributed by atoms with van der Waals surface area (Å²) in [6, 6.07) is 0. The van der Waals surface area contributed by atoms with E-state index in [1.807, 2.05) is 6.08 Å². The molecule has 0 radical (unpaired) electrons. The molecule has 0 spiro atoms. The number of carbonyl (C=O) groups is 1. The molecule has 2 fully saturated rings. The Balaban J connectivity index is 2.06. The fourth-order valence-electron chi connectivity index (χ4n) is 4.30. The number of allylic oxidation sites excluding steroid dienone is 2. The predicted molar refractivity (Wildman–Crippen MR) is 94.1 cm³/mol. The molecule has 1 aliphatic heterocycles. The van der Waals surface area contributed by atoms with Gasteiger partial charge < -0.3 is 29.9 Å². The first-order valence-corrected chi connectivity index (χ1v) is 9.21. The van der Waals surface area contributed by atoms with Gasteiger partial charge in [0.25, 0.3) is 0 Å². The van der Waals surface area contributed by atoms with Gasteiger partial charge in [-0.3, -0.25) is 4.79 Å². The van der Waals surface area contributed by atoms with Gasteiger partial charge in [-0.05, 0) is 43.1 Å². The van der Waals surface area contributed by atoms with E-state index in [0.29, 0.717) is 12.8 Å². The quantitative estimate of drug-likeness (QED) is 0.516. The number of hydrogen-bond acceptors (Lipinski definition) is 7. The average Bonchev–Trinajstić information content (AvgIpc) is 2.53. The minimum atomic E-state index is -1.44. The summed E-state index contributed by atoms with van der Waals surface area (Å²) in [4.78, 5) is 11.3. The van der Waals surface area contributed by atoms with Crippen molar-refractivity contribution >= 4 is 5.78 Å². The van der Waals surface area contributed by atoms with Crippen molar-refractivity contribution in [3.8, 4) is 0 Å². The number of ether oxygens (including phenoxy) is 2. The normalized spacial score (nSPS) is 43.5. The van der Waals surface area contributed by atoms with E-state index < -0.39 is 37.3 Å². The minimum Gasteiger partial charge on any atom is -0.394 e. The summed E-state index contributed by atoms with van der Waals surface area (Å²) in [7, 11) is 0. The Kier molecular flexibility index (Phi) is 6.98. The predicted octanol–water partition coefficient (Wildman–Crippen LogP) is 0.389. The van der Waals surface area contributed by atoms with E-state index in [-0.39, 0.29) is 29.1 Å². The van der Waals surface area contributed by atoms with Crippen LogP contribution >= 0.6 is 0 Å². The highest BCUT2D eigenvalue weighted by Gasteiger charge is 2.47. The first kappa shape index (κ1) is 21.5. The molecule has 0 unspecified atom stereocenters. The second-order valence-electron chi connectivity index (χ2n) is 8.36. The Morgan fingerprint density at radius 2 is 1.88 bits per heavy atom. The zero-order valence-corrected chi connectivity index (χ0v) is 15.9. The average molecular weight is 372 g/mol. The Labute approximate surface area is 154 Å². The van der Waals surface area contributed by atoms with Crippen LogP contribution in [0.15, 0.2) is 12.2 Å². The molecule has 4 N–H and O–H groups in total. The van der Waals surface area contributed by atoms with Gasteiger partial charge >= 0.3 is 0 Å². The van der Waals surface area contributed by atoms with Crippen molar-refractivity contribution in [3.05, 3.63) is 12.2 Å². The van der Waals surface area contributed by atoms with Crippen molar-refractivity contribution in [2.45, 2.75) is 77.3 Å². The van der Waals surface area contributed by atoms with Gasteiger partial charge in [0.15, 0.2) is 12.1 Å². The van der Waals surface area contributed by atoms with E-state index in [2.05, 4.69) is 20.8 Å². The maximum Gasteiger partial charge on any atom is 0.186 e. The molecule has 8 atom stereocenters. The van der Waals surface area contributed by atoms with Crippen LogP contribution in [0, 0.1) is 17.3 Å². The third-order valence-electron chi connectivity index (χ3n) is 5.62. The van der Waals surface area contributed by atoms with Crippen LogP contribution in [0.25, 0.3) is 0 Å². The molecule has 0 aromatic rings. The molecule has 7 nitrogen and oxygen atoms in total. The van der Waals surface area contributed by atoms with Crippen molar-refractivity contribution in [3.63, 3.8) is 0 Å². The summed E-state index contributed by atoms with van der Waals surface area (Å²) in [6.07, 6.45) is -1.51. The number of aliphatic hydroxyl groups is 4. The van der Waals surface area contributed by atoms with Crippen LogP contribution in [0.1, 0.15) is 40.5 Å². The molecule has 1 heterocycles. The van der Waals surface area contributed by atoms with Crippen molar-refractivity contribution in [2.24, 2.45) is 17.3 Å². The van der Waals surface area contributed by atoms with Gasteiger partial charge in [0.05, 0.1) is 12.7 Å². The molecule has 26 heavy (non-hydrogen) atoms. The van der Waals surface area contributed by atoms with Crippen LogP contribution in [-0.2, 0) is 14.3 Å². The Hall–Kier alpha value is -0.830. The molecule has 1 saturated carbocycles. The Morgan fingerprint density at radius 3 is 2.42 bits per heavy atom. The van der Waals surface area contributed by atoms with Gasteiger partial charge in [-0.15, -0.1) is 0 Å². The number of ketones is 1. The largest absolute Gasteiger partial charge is 0.394 e. The summed E-state index contributed by atoms with van der Waals surface area (Å²) in [6.45, 7) is 7.37. The van der Waals surface area contributed by atoms with E-state index >= 15 is 0 Å². The van der Waals surface area contributed by atoms with Crippen LogP contribution in [0.5, 0.6) is 0 Å². The summed E-state index contributed by atoms with van der Waals surface area (Å²) >= 11 is 0. The van der Waals surface area contributed by atoms with Crippen molar-refractivity contribution in [2.75, 3.05) is 6.61 Å². The van der Waals surface area contributed by atoms with Crippen LogP contribution in [-0.4, -0.2) is 69.6 Å². The van der Waals surface area contributed by atoms with Gasteiger partial charge in [0.1, 0.15) is 24.4 Å². The Morgan fingerprint density at radius 1 is 1.23 bits per heavy atom. The highest BCUT2D eigenvalue weighted by atomic mass is 16.7. The summed E-state index contributed by atoms with van der Waals surface area (Å²) in [5.74, 6) is 0.498. The number of carbonyl (C=O) groups excluding carboxylic acids is 1. The summed E-state index contributed by atoms with van der Waals surface area (Å²) in [5, 5.41) is 39.2. The fourth-order valence-corrected chi connectivity index (χ4v) is 4.30. The zero-order chi connectivity index (χ0) is 19.6. The molecule has 1 aliphatic carbocycles. The van der Waals surface area contributed by atoms with Gasteiger partial charge in [0.2, 0.25) is 0 Å². The molecule has 1 saturated heterocycles. The van der Waals surface area contributed by atoms with Crippen molar-refractivity contribution in [1.29, 1.82) is 0 Å². The second-order valence-corrected chi connectivity index (χ2v) is 8.36. The van der Waals surface area contributed by atoms with Crippen molar-refractivity contribution in [1.82, 2.24) is 0 Å². The van der Waals surface area contributed by atoms with Crippen molar-refractivity contribution < 1.29 is 34.7 Å². The Bertz CT molecular complexity index is 516. The molecule has 0 amide bonds. The fraction of sp³-hybridized carbons (Fsp3) is 0.842. The monoisotopic (exact) mass is 372 g/mol. The van der Waals surface area contributed by atoms with Crippen LogP contribution in [0.3, 0.4) is 0 Å². The first-order chi connectivity index (χ1) is 12.1. The lowest BCUT2D eigenvalue weighted by Crippen LogP contribution is -2.60. The SMILES string of the molecule is CC(=O)C=C[C@@H]1[C@@H](C)C[C@@H](O[C@@H]2O[C@H](CO)[C@@H](O)[C@H](O)[C@H]2O)CC1(C)C. The van der Waals surface area contributed by atoms with E-state index in [1.165, 1.54) is 6.92 Å². The van der Waals surface area contributed by atoms with Gasteiger partial charge in [-0.1, -0.05) is 26.8 Å². The highest BCUT2D eigenvalue weighted by Crippen LogP contribution is 2.46. The van der Waals surface area contributed by atoms with Gasteiger partial charge in [-0.2, -0.15) is 0 Å². The molecule has 0 aromatic heterocycles. The number of rotatable bonds is 5. The van der Waals surface area contributed by atoms with Crippen LogP contribution in [0.2, 0.25) is 0 Å². The molecule has 7 heteroatoms. The molecular weight excluding hydrogens is 340 g/mol. The summed E-state index contributed by atoms with van der Waals surface area (Å²) in [5.41, 5.74) is -0.123. The lowest BCUT2D eigenvalue weighted by molar-refractivity contribution is -0.316. The standard InChI is InChI=1S/C19H32O7/c1-10-7-12(8-19(3,4)13(10)6-5-11(2)21)25-18-17(24)16(23)15(22)14(9-20)26-18/h5-6,10,12-18,20,22-24H,7-9H2,1-4H3/t10-,12+,13+,14+,15+,16-,17+,18+/m0/s1. The van der Waals surface area contributed by atoms with Gasteiger partial charge in [-0.25, -0.2) is 0 Å². The molecule has 0 aromatic carbocycles. The second kappa shape index (κ2) is 8.46. The lowest BCUT2D eigenvalue weighted by atomic mass is 9.63. The van der Waals surface area contributed by atoms with Crippen LogP contribution in [0.4, 0.5) is 0 Å². The topological polar surface area (TPSA) is 116 Å². The number of hydrogen-bond donors (Lipinski definition) is 4. The molecule has 2 rings (SSSR count). The van der Waals surface area contributed by atoms with E-state index in [9.17, 15) is 25.2 Å². The van der Waals surface area contributed by atoms with E-state index in [4.69, 9.17) is 9.47 Å². The minimum absolute atomic E-state index is 0.0210. The molecular formula is C19H32O7.